The van der Waals surface area contributed by atoms with Gasteiger partial charge in [0, 0.05) is 0 Å². The minimum atomic E-state index is -1.61. The van der Waals surface area contributed by atoms with Crippen LogP contribution >= 0.6 is 0 Å². The number of aliphatic hydroxyl groups excluding tert-OH is 1. The number of rotatable bonds is 4. The Bertz CT molecular complexity index is 1150. The number of fused-ring (bicyclic) bond motifs is 1. The van der Waals surface area contributed by atoms with Crippen molar-refractivity contribution in [2.75, 3.05) is 18.5 Å². The Labute approximate surface area is 193 Å². The number of hydrogen-bond acceptors (Lipinski definition) is 5. The second-order valence-corrected chi connectivity index (χ2v) is 12.3. The molecular formula is C21H23F3InN5O2. The molecule has 1 aliphatic carbocycles. The van der Waals surface area contributed by atoms with Crippen LogP contribution < -0.4 is 16.0 Å². The zero-order chi connectivity index (χ0) is 22.2. The topological polar surface area (TPSA) is 83.7 Å². The maximum absolute atomic E-state index is 14.3. The van der Waals surface area contributed by atoms with Crippen molar-refractivity contribution >= 4 is 43.9 Å². The number of ether oxygens (including phenoxy) is 1. The van der Waals surface area contributed by atoms with E-state index in [-0.39, 0.29) is 18.2 Å². The van der Waals surface area contributed by atoms with Crippen LogP contribution in [0.4, 0.5) is 24.8 Å². The number of benzene rings is 1. The van der Waals surface area contributed by atoms with Gasteiger partial charge in [0.2, 0.25) is 0 Å². The molecule has 5 rings (SSSR count). The fraction of sp³-hybridized carbons (Fsp3) is 0.476. The molecule has 2 aromatic rings. The van der Waals surface area contributed by atoms with Gasteiger partial charge in [0.15, 0.2) is 0 Å². The van der Waals surface area contributed by atoms with Crippen molar-refractivity contribution in [1.82, 2.24) is 14.9 Å². The van der Waals surface area contributed by atoms with Gasteiger partial charge in [0.1, 0.15) is 0 Å². The zero-order valence-corrected chi connectivity index (χ0v) is 20.6. The van der Waals surface area contributed by atoms with E-state index in [9.17, 15) is 18.3 Å². The number of aromatic nitrogens is 2. The van der Waals surface area contributed by atoms with Crippen molar-refractivity contribution in [3.63, 3.8) is 0 Å². The number of nitrogens with zero attached hydrogens (tertiary/aromatic N) is 3. The fourth-order valence-corrected chi connectivity index (χ4v) is 8.66. The van der Waals surface area contributed by atoms with Crippen LogP contribution in [-0.2, 0) is 4.74 Å². The molecule has 0 amide bonds. The average molecular weight is 549 g/mol. The van der Waals surface area contributed by atoms with Gasteiger partial charge in [-0.3, -0.25) is 0 Å². The number of imidazole rings is 1. The molecule has 168 valence electrons. The van der Waals surface area contributed by atoms with Crippen LogP contribution in [0.5, 0.6) is 0 Å². The van der Waals surface area contributed by atoms with Crippen molar-refractivity contribution in [3.05, 3.63) is 38.0 Å². The second-order valence-electron chi connectivity index (χ2n) is 8.37. The standard InChI is InChI=1S/C21H23F3N5O2.In/c22-13-7-18(23)20(19(24)8-13)28-21-27-15(10-29(21)16-5-6-31-11-16)9-25-12-26-14-1-3-17(30)4-2-14;/h7-9,14,16-17,30H,1-6,11H2,(H,25,26)(H,27,28);. The molecule has 1 aromatic carbocycles. The van der Waals surface area contributed by atoms with Gasteiger partial charge in [0.25, 0.3) is 0 Å². The first-order valence-electron chi connectivity index (χ1n) is 10.8. The Kier molecular flexibility index (Phi) is 6.31. The third-order valence-electron chi connectivity index (χ3n) is 6.11. The predicted molar refractivity (Wildman–Crippen MR) is 114 cm³/mol. The Morgan fingerprint density at radius 2 is 1.91 bits per heavy atom. The number of hydrogen-bond donors (Lipinski definition) is 3. The average Bonchev–Trinajstić information content (AvgIpc) is 3.39. The van der Waals surface area contributed by atoms with E-state index in [0.717, 1.165) is 44.1 Å². The molecule has 7 nitrogen and oxygen atoms in total. The summed E-state index contributed by atoms with van der Waals surface area (Å²) in [5.41, 5.74) is -0.427. The molecule has 3 aliphatic rings. The van der Waals surface area contributed by atoms with Crippen molar-refractivity contribution < 1.29 is 23.0 Å². The molecule has 1 aromatic heterocycles. The predicted octanol–water partition coefficient (Wildman–Crippen LogP) is 1.96. The normalized spacial score (nSPS) is 26.0. The van der Waals surface area contributed by atoms with E-state index < -0.39 is 45.6 Å². The third-order valence-corrected chi connectivity index (χ3v) is 10.2. The first kappa shape index (κ1) is 22.0. The van der Waals surface area contributed by atoms with Gasteiger partial charge < -0.3 is 0 Å². The Hall–Kier alpha value is -1.85. The summed E-state index contributed by atoms with van der Waals surface area (Å²) in [5.74, 6) is -2.67. The van der Waals surface area contributed by atoms with Crippen LogP contribution in [0.15, 0.2) is 17.1 Å². The Balaban J connectivity index is 1.54. The summed E-state index contributed by atoms with van der Waals surface area (Å²) >= 11 is -1.61. The van der Waals surface area contributed by atoms with E-state index in [1.54, 1.807) is 6.20 Å². The van der Waals surface area contributed by atoms with Crippen molar-refractivity contribution in [3.8, 4) is 0 Å². The molecule has 1 unspecified atom stereocenters. The van der Waals surface area contributed by atoms with Crippen LogP contribution in [0, 0.1) is 20.5 Å². The van der Waals surface area contributed by atoms with Gasteiger partial charge in [0.05, 0.1) is 0 Å². The van der Waals surface area contributed by atoms with Gasteiger partial charge in [-0.05, 0) is 0 Å². The number of anilines is 2. The van der Waals surface area contributed by atoms with Crippen LogP contribution in [0.2, 0.25) is 0 Å². The molecule has 2 aliphatic heterocycles. The van der Waals surface area contributed by atoms with E-state index in [2.05, 4.69) is 15.6 Å². The molecule has 3 N–H and O–H groups in total. The van der Waals surface area contributed by atoms with Gasteiger partial charge >= 0.3 is 194 Å². The van der Waals surface area contributed by atoms with E-state index in [4.69, 9.17) is 9.73 Å². The fourth-order valence-electron chi connectivity index (χ4n) is 4.44. The van der Waals surface area contributed by atoms with E-state index >= 15 is 0 Å². The molecule has 0 bridgehead atoms. The SMILES string of the molecule is OC1CCC(N=[C]2NC=c3nc(Nc4c(F)cc(F)cc4F)n(C4CCOC4)[c]3=[In]2)CC1. The summed E-state index contributed by atoms with van der Waals surface area (Å²) in [6.07, 6.45) is 5.61. The van der Waals surface area contributed by atoms with E-state index in [0.29, 0.717) is 31.3 Å². The molecule has 32 heavy (non-hydrogen) atoms. The Morgan fingerprint density at radius 3 is 2.59 bits per heavy atom. The molecule has 3 heterocycles. The number of nitrogens with one attached hydrogen (secondary N) is 2. The monoisotopic (exact) mass is 549 g/mol. The second kappa shape index (κ2) is 9.18. The van der Waals surface area contributed by atoms with Crippen LogP contribution in [0.25, 0.3) is 6.20 Å². The molecule has 0 spiro atoms. The summed E-state index contributed by atoms with van der Waals surface area (Å²) in [6.45, 7) is 1.10. The molecule has 0 radical (unpaired) electrons. The summed E-state index contributed by atoms with van der Waals surface area (Å²) < 4.78 is 51.5. The Morgan fingerprint density at radius 1 is 1.16 bits per heavy atom. The summed E-state index contributed by atoms with van der Waals surface area (Å²) in [6, 6.07) is 1.50. The first-order chi connectivity index (χ1) is 15.5. The van der Waals surface area contributed by atoms with Gasteiger partial charge in [-0.1, -0.05) is 0 Å². The molecule has 2 fully saturated rings. The van der Waals surface area contributed by atoms with Crippen molar-refractivity contribution in [1.29, 1.82) is 0 Å². The number of aliphatic imine (C=N–C) groups is 1. The molecule has 1 saturated heterocycles. The van der Waals surface area contributed by atoms with E-state index in [1.807, 2.05) is 4.57 Å². The minimum absolute atomic E-state index is 0.00389. The van der Waals surface area contributed by atoms with Crippen molar-refractivity contribution in [2.24, 2.45) is 4.99 Å². The molecular weight excluding hydrogens is 526 g/mol. The van der Waals surface area contributed by atoms with E-state index in [1.165, 1.54) is 0 Å². The van der Waals surface area contributed by atoms with Gasteiger partial charge in [-0.15, -0.1) is 0 Å². The summed E-state index contributed by atoms with van der Waals surface area (Å²) in [7, 11) is 0. The maximum atomic E-state index is 14.3. The summed E-state index contributed by atoms with van der Waals surface area (Å²) in [4.78, 5) is 9.52. The van der Waals surface area contributed by atoms with Crippen molar-refractivity contribution in [2.45, 2.75) is 50.3 Å². The molecule has 1 atom stereocenters. The van der Waals surface area contributed by atoms with Crippen LogP contribution in [-0.4, -0.2) is 66.0 Å². The summed E-state index contributed by atoms with van der Waals surface area (Å²) in [5, 5.41) is 16.5. The third kappa shape index (κ3) is 4.47. The zero-order valence-electron chi connectivity index (χ0n) is 17.3. The molecule has 11 heteroatoms. The first-order valence-corrected chi connectivity index (χ1v) is 14.1. The number of aliphatic hydroxyl groups is 1. The van der Waals surface area contributed by atoms with Crippen LogP contribution in [0.3, 0.4) is 0 Å². The van der Waals surface area contributed by atoms with Crippen LogP contribution in [0.1, 0.15) is 38.1 Å². The quantitative estimate of drug-likeness (QED) is 0.544. The van der Waals surface area contributed by atoms with Gasteiger partial charge in [-0.2, -0.15) is 0 Å². The number of amidine groups is 1. The number of halogens is 3. The van der Waals surface area contributed by atoms with Gasteiger partial charge in [-0.25, -0.2) is 0 Å². The molecule has 1 saturated carbocycles.